The SMILES string of the molecule is CCCCCCCCCCCCC/C=C/CCCCCCCOC(=O)c1ccc(S(=O)(=O)[O-])cc1C(=O)OCCCCCCC/C=C/CCCCCCCCCCCCC.[Na+]. The molecule has 0 bridgehead atoms. The van der Waals surface area contributed by atoms with E-state index in [1.807, 2.05) is 0 Å². The summed E-state index contributed by atoms with van der Waals surface area (Å²) in [5.41, 5.74) is -0.350. The van der Waals surface area contributed by atoms with Gasteiger partial charge in [0.05, 0.1) is 29.2 Å². The summed E-state index contributed by atoms with van der Waals surface area (Å²) in [5.74, 6) is -1.56. The van der Waals surface area contributed by atoms with E-state index in [-0.39, 0.29) is 53.9 Å². The van der Waals surface area contributed by atoms with Gasteiger partial charge in [-0.15, -0.1) is 0 Å². The van der Waals surface area contributed by atoms with Crippen LogP contribution >= 0.6 is 0 Å². The molecule has 61 heavy (non-hydrogen) atoms. The molecule has 346 valence electrons. The van der Waals surface area contributed by atoms with Crippen LogP contribution in [0.4, 0.5) is 0 Å². The maximum absolute atomic E-state index is 13.0. The van der Waals surface area contributed by atoms with E-state index < -0.39 is 27.0 Å². The maximum Gasteiger partial charge on any atom is 1.00 e. The summed E-state index contributed by atoms with van der Waals surface area (Å²) in [5, 5.41) is 0. The van der Waals surface area contributed by atoms with Crippen LogP contribution in [-0.2, 0) is 19.6 Å². The van der Waals surface area contributed by atoms with Crippen LogP contribution in [0.25, 0.3) is 0 Å². The molecule has 0 amide bonds. The van der Waals surface area contributed by atoms with E-state index >= 15 is 0 Å². The Morgan fingerprint density at radius 1 is 0.443 bits per heavy atom. The molecule has 9 heteroatoms. The smallest absolute Gasteiger partial charge is 0.744 e. The van der Waals surface area contributed by atoms with E-state index in [0.717, 1.165) is 76.3 Å². The first-order valence-corrected chi connectivity index (χ1v) is 26.5. The van der Waals surface area contributed by atoms with Crippen molar-refractivity contribution < 1.29 is 61.6 Å². The molecule has 0 saturated heterocycles. The molecule has 0 fully saturated rings. The summed E-state index contributed by atoms with van der Waals surface area (Å²) < 4.78 is 45.9. The molecule has 7 nitrogen and oxygen atoms in total. The molecule has 0 radical (unpaired) electrons. The molecule has 0 aliphatic heterocycles. The van der Waals surface area contributed by atoms with Gasteiger partial charge >= 0.3 is 41.5 Å². The number of allylic oxidation sites excluding steroid dienone is 4. The molecule has 0 aliphatic rings. The standard InChI is InChI=1S/C52H90O7S.Na/c1-3-5-7-9-11-13-15-17-19-21-23-25-27-29-31-33-35-37-39-41-45-58-51(53)49-44-43-48(60(55,56)57)47-50(49)52(54)59-46-42-40-38-36-34-32-30-28-26-24-22-20-18-16-14-12-10-8-6-4-2;/h27-30,43-44,47H,3-26,31-42,45-46H2,1-2H3,(H,55,56,57);/q;+1/p-1/b29-27+,30-28+;. The molecule has 0 aromatic heterocycles. The quantitative estimate of drug-likeness (QED) is 0.0211. The van der Waals surface area contributed by atoms with E-state index in [4.69, 9.17) is 9.47 Å². The van der Waals surface area contributed by atoms with E-state index in [0.29, 0.717) is 12.8 Å². The molecule has 0 spiro atoms. The van der Waals surface area contributed by atoms with Crippen molar-refractivity contribution in [2.75, 3.05) is 13.2 Å². The maximum atomic E-state index is 13.0. The number of carbonyl (C=O) groups excluding carboxylic acids is 2. The summed E-state index contributed by atoms with van der Waals surface area (Å²) in [6.45, 7) is 4.89. The van der Waals surface area contributed by atoms with Crippen LogP contribution in [0.3, 0.4) is 0 Å². The van der Waals surface area contributed by atoms with Crippen LogP contribution < -0.4 is 29.6 Å². The molecule has 0 unspecified atom stereocenters. The predicted molar refractivity (Wildman–Crippen MR) is 251 cm³/mol. The fourth-order valence-corrected chi connectivity index (χ4v) is 8.12. The van der Waals surface area contributed by atoms with E-state index in [1.165, 1.54) is 160 Å². The fourth-order valence-electron chi connectivity index (χ4n) is 7.62. The van der Waals surface area contributed by atoms with Crippen molar-refractivity contribution in [3.05, 3.63) is 53.6 Å². The molecule has 0 heterocycles. The van der Waals surface area contributed by atoms with E-state index in [9.17, 15) is 22.6 Å². The van der Waals surface area contributed by atoms with Gasteiger partial charge in [0.25, 0.3) is 0 Å². The van der Waals surface area contributed by atoms with Crippen molar-refractivity contribution in [3.8, 4) is 0 Å². The third-order valence-corrected chi connectivity index (χ3v) is 12.3. The van der Waals surface area contributed by atoms with Gasteiger partial charge in [0.15, 0.2) is 0 Å². The first kappa shape index (κ1) is 59.5. The minimum atomic E-state index is -4.82. The monoisotopic (exact) mass is 881 g/mol. The average Bonchev–Trinajstić information content (AvgIpc) is 3.24. The predicted octanol–water partition coefficient (Wildman–Crippen LogP) is 13.1. The normalized spacial score (nSPS) is 11.7. The number of hydrogen-bond acceptors (Lipinski definition) is 7. The summed E-state index contributed by atoms with van der Waals surface area (Å²) in [6, 6.07) is 3.13. The van der Waals surface area contributed by atoms with Crippen molar-refractivity contribution in [2.24, 2.45) is 0 Å². The second-order valence-corrected chi connectivity index (χ2v) is 18.5. The Labute approximate surface area is 397 Å². The van der Waals surface area contributed by atoms with Gasteiger partial charge in [-0.2, -0.15) is 0 Å². The number of ether oxygens (including phenoxy) is 2. The zero-order valence-corrected chi connectivity index (χ0v) is 42.5. The van der Waals surface area contributed by atoms with Gasteiger partial charge in [0.2, 0.25) is 0 Å². The zero-order chi connectivity index (χ0) is 43.6. The first-order chi connectivity index (χ1) is 29.3. The first-order valence-electron chi connectivity index (χ1n) is 25.0. The Hall–Kier alpha value is -1.45. The van der Waals surface area contributed by atoms with Crippen molar-refractivity contribution in [1.82, 2.24) is 0 Å². The minimum absolute atomic E-state index is 0. The Bertz CT molecular complexity index is 1340. The topological polar surface area (TPSA) is 110 Å². The molecule has 0 saturated carbocycles. The van der Waals surface area contributed by atoms with Gasteiger partial charge < -0.3 is 14.0 Å². The Morgan fingerprint density at radius 2 is 0.721 bits per heavy atom. The average molecular weight is 881 g/mol. The van der Waals surface area contributed by atoms with Gasteiger partial charge in [0.1, 0.15) is 10.1 Å². The molecule has 1 aromatic carbocycles. The number of carbonyl (C=O) groups is 2. The number of esters is 2. The van der Waals surface area contributed by atoms with Gasteiger partial charge in [-0.1, -0.05) is 205 Å². The van der Waals surface area contributed by atoms with E-state index in [1.54, 1.807) is 0 Å². The fraction of sp³-hybridized carbons (Fsp3) is 0.769. The van der Waals surface area contributed by atoms with E-state index in [2.05, 4.69) is 38.2 Å². The molecule has 0 N–H and O–H groups in total. The van der Waals surface area contributed by atoms with Gasteiger partial charge in [-0.25, -0.2) is 18.0 Å². The van der Waals surface area contributed by atoms with Crippen LogP contribution in [0.15, 0.2) is 47.4 Å². The Balaban J connectivity index is 0.0000360. The summed E-state index contributed by atoms with van der Waals surface area (Å²) >= 11 is 0. The Morgan fingerprint density at radius 3 is 1.03 bits per heavy atom. The Kier molecular flexibility index (Phi) is 42.7. The van der Waals surface area contributed by atoms with Crippen molar-refractivity contribution >= 4 is 22.1 Å². The van der Waals surface area contributed by atoms with Gasteiger partial charge in [-0.05, 0) is 82.4 Å². The number of unbranched alkanes of at least 4 members (excludes halogenated alkanes) is 32. The van der Waals surface area contributed by atoms with Crippen LogP contribution in [0.5, 0.6) is 0 Å². The molecule has 0 aliphatic carbocycles. The number of rotatable bonds is 43. The minimum Gasteiger partial charge on any atom is -0.744 e. The van der Waals surface area contributed by atoms with Crippen molar-refractivity contribution in [1.29, 1.82) is 0 Å². The molecular formula is C52H89NaO7S. The molecular weight excluding hydrogens is 792 g/mol. The molecule has 1 aromatic rings. The second kappa shape index (κ2) is 43.8. The van der Waals surface area contributed by atoms with Crippen molar-refractivity contribution in [2.45, 2.75) is 250 Å². The number of benzene rings is 1. The molecule has 1 rings (SSSR count). The summed E-state index contributed by atoms with van der Waals surface area (Å²) in [4.78, 5) is 25.3. The van der Waals surface area contributed by atoms with Crippen LogP contribution in [-0.4, -0.2) is 38.1 Å². The van der Waals surface area contributed by atoms with Gasteiger partial charge in [-0.3, -0.25) is 0 Å². The number of hydrogen-bond donors (Lipinski definition) is 0. The van der Waals surface area contributed by atoms with Gasteiger partial charge in [0, 0.05) is 0 Å². The third kappa shape index (κ3) is 36.6. The third-order valence-electron chi connectivity index (χ3n) is 11.5. The van der Waals surface area contributed by atoms with Crippen molar-refractivity contribution in [3.63, 3.8) is 0 Å². The van der Waals surface area contributed by atoms with Crippen LogP contribution in [0, 0.1) is 0 Å². The zero-order valence-electron chi connectivity index (χ0n) is 39.7. The van der Waals surface area contributed by atoms with Crippen LogP contribution in [0.1, 0.15) is 266 Å². The van der Waals surface area contributed by atoms with Crippen LogP contribution in [0.2, 0.25) is 0 Å². The summed E-state index contributed by atoms with van der Waals surface area (Å²) in [6.07, 6.45) is 53.7. The largest absolute Gasteiger partial charge is 1.00 e. The summed E-state index contributed by atoms with van der Waals surface area (Å²) in [7, 11) is -4.82. The molecule has 0 atom stereocenters. The second-order valence-electron chi connectivity index (χ2n) is 17.1.